The van der Waals surface area contributed by atoms with E-state index in [9.17, 15) is 0 Å². The Balaban J connectivity index is 2.63. The third-order valence-electron chi connectivity index (χ3n) is 1.51. The maximum Gasteiger partial charge on any atom is 0.0378 e. The topological polar surface area (TPSA) is 12.9 Å². The van der Waals surface area contributed by atoms with Gasteiger partial charge in [-0.15, -0.1) is 11.6 Å². The fourth-order valence-electron chi connectivity index (χ4n) is 0.954. The molecule has 0 saturated heterocycles. The Kier molecular flexibility index (Phi) is 3.81. The van der Waals surface area contributed by atoms with Crippen LogP contribution < -0.4 is 0 Å². The van der Waals surface area contributed by atoms with Crippen molar-refractivity contribution >= 4 is 17.7 Å². The van der Waals surface area contributed by atoms with Crippen molar-refractivity contribution in [3.63, 3.8) is 0 Å². The van der Waals surface area contributed by atoms with Crippen molar-refractivity contribution in [2.75, 3.05) is 5.88 Å². The average molecular weight is 182 g/mol. The summed E-state index contributed by atoms with van der Waals surface area (Å²) < 4.78 is 0. The highest BCUT2D eigenvalue weighted by Crippen LogP contribution is 2.03. The number of alkyl halides is 1. The van der Waals surface area contributed by atoms with Gasteiger partial charge < -0.3 is 0 Å². The van der Waals surface area contributed by atoms with Crippen molar-refractivity contribution in [3.8, 4) is 0 Å². The molecule has 1 rings (SSSR count). The summed E-state index contributed by atoms with van der Waals surface area (Å²) >= 11 is 5.54. The second-order valence-corrected chi connectivity index (χ2v) is 2.99. The van der Waals surface area contributed by atoms with Crippen LogP contribution in [0, 0.1) is 6.92 Å². The lowest BCUT2D eigenvalue weighted by molar-refractivity contribution is 1.19. The minimum atomic E-state index is 0.681. The summed E-state index contributed by atoms with van der Waals surface area (Å²) in [5.74, 6) is 0.681. The van der Waals surface area contributed by atoms with E-state index in [0.717, 1.165) is 12.1 Å². The van der Waals surface area contributed by atoms with Crippen LogP contribution in [0.15, 0.2) is 24.4 Å². The number of pyridine rings is 1. The van der Waals surface area contributed by atoms with E-state index >= 15 is 0 Å². The summed E-state index contributed by atoms with van der Waals surface area (Å²) in [5.41, 5.74) is 2.23. The van der Waals surface area contributed by atoms with E-state index in [1.54, 1.807) is 0 Å². The van der Waals surface area contributed by atoms with Gasteiger partial charge in [-0.25, -0.2) is 0 Å². The first-order chi connectivity index (χ1) is 5.83. The third kappa shape index (κ3) is 3.05. The van der Waals surface area contributed by atoms with E-state index in [0.29, 0.717) is 5.88 Å². The number of hydrogen-bond acceptors (Lipinski definition) is 1. The van der Waals surface area contributed by atoms with Crippen LogP contribution in [0.1, 0.15) is 17.7 Å². The van der Waals surface area contributed by atoms with Crippen molar-refractivity contribution in [3.05, 3.63) is 35.7 Å². The Morgan fingerprint density at radius 1 is 1.58 bits per heavy atom. The van der Waals surface area contributed by atoms with Gasteiger partial charge in [-0.1, -0.05) is 12.2 Å². The van der Waals surface area contributed by atoms with Gasteiger partial charge in [0.2, 0.25) is 0 Å². The van der Waals surface area contributed by atoms with Crippen LogP contribution in [0.5, 0.6) is 0 Å². The van der Waals surface area contributed by atoms with Gasteiger partial charge in [0.25, 0.3) is 0 Å². The number of nitrogens with zero attached hydrogens (tertiary/aromatic N) is 1. The molecule has 0 aliphatic rings. The highest BCUT2D eigenvalue weighted by atomic mass is 35.5. The number of allylic oxidation sites excluding steroid dienone is 1. The first-order valence-corrected chi connectivity index (χ1v) is 4.51. The molecule has 0 N–H and O–H groups in total. The van der Waals surface area contributed by atoms with Gasteiger partial charge in [-0.2, -0.15) is 0 Å². The fourth-order valence-corrected chi connectivity index (χ4v) is 1.08. The largest absolute Gasteiger partial charge is 0.262 e. The maximum atomic E-state index is 5.54. The molecular weight excluding hydrogens is 170 g/mol. The second kappa shape index (κ2) is 4.94. The van der Waals surface area contributed by atoms with Gasteiger partial charge in [0, 0.05) is 17.8 Å². The highest BCUT2D eigenvalue weighted by molar-refractivity contribution is 6.17. The molecule has 1 heterocycles. The van der Waals surface area contributed by atoms with Crippen LogP contribution in [0.2, 0.25) is 0 Å². The van der Waals surface area contributed by atoms with Crippen molar-refractivity contribution in [2.45, 2.75) is 13.3 Å². The van der Waals surface area contributed by atoms with Crippen molar-refractivity contribution in [1.29, 1.82) is 0 Å². The Morgan fingerprint density at radius 2 is 2.42 bits per heavy atom. The van der Waals surface area contributed by atoms with Crippen LogP contribution >= 0.6 is 11.6 Å². The minimum absolute atomic E-state index is 0.681. The Hall–Kier alpha value is -0.820. The zero-order chi connectivity index (χ0) is 8.81. The maximum absolute atomic E-state index is 5.54. The van der Waals surface area contributed by atoms with E-state index in [4.69, 9.17) is 11.6 Å². The zero-order valence-corrected chi connectivity index (χ0v) is 7.88. The van der Waals surface area contributed by atoms with Crippen LogP contribution in [0.25, 0.3) is 6.08 Å². The summed E-state index contributed by atoms with van der Waals surface area (Å²) in [7, 11) is 0. The van der Waals surface area contributed by atoms with Gasteiger partial charge in [-0.05, 0) is 31.0 Å². The number of aryl methyl sites for hydroxylation is 1. The third-order valence-corrected chi connectivity index (χ3v) is 1.73. The molecule has 0 radical (unpaired) electrons. The quantitative estimate of drug-likeness (QED) is 0.654. The zero-order valence-electron chi connectivity index (χ0n) is 7.13. The molecule has 0 aliphatic carbocycles. The summed E-state index contributed by atoms with van der Waals surface area (Å²) in [6, 6.07) is 4.03. The first-order valence-electron chi connectivity index (χ1n) is 3.98. The van der Waals surface area contributed by atoms with Gasteiger partial charge in [0.1, 0.15) is 0 Å². The number of hydrogen-bond donors (Lipinski definition) is 0. The van der Waals surface area contributed by atoms with E-state index < -0.39 is 0 Å². The summed E-state index contributed by atoms with van der Waals surface area (Å²) in [6.07, 6.45) is 6.87. The van der Waals surface area contributed by atoms with Crippen molar-refractivity contribution in [2.24, 2.45) is 0 Å². The first kappa shape index (κ1) is 9.27. The molecule has 12 heavy (non-hydrogen) atoms. The van der Waals surface area contributed by atoms with Gasteiger partial charge in [0.05, 0.1) is 0 Å². The predicted molar refractivity (Wildman–Crippen MR) is 53.3 cm³/mol. The van der Waals surface area contributed by atoms with Gasteiger partial charge >= 0.3 is 0 Å². The molecule has 0 aromatic carbocycles. The Labute approximate surface area is 78.1 Å². The van der Waals surface area contributed by atoms with Crippen LogP contribution in [0.4, 0.5) is 0 Å². The molecule has 0 aliphatic heterocycles. The Bertz CT molecular complexity index is 268. The smallest absolute Gasteiger partial charge is 0.0378 e. The molecule has 1 aromatic rings. The molecule has 0 saturated carbocycles. The summed E-state index contributed by atoms with van der Waals surface area (Å²) in [4.78, 5) is 4.11. The van der Waals surface area contributed by atoms with E-state index in [-0.39, 0.29) is 0 Å². The summed E-state index contributed by atoms with van der Waals surface area (Å²) in [6.45, 7) is 1.99. The Morgan fingerprint density at radius 3 is 3.08 bits per heavy atom. The number of halogens is 1. The van der Waals surface area contributed by atoms with Crippen molar-refractivity contribution < 1.29 is 0 Å². The molecular formula is C10H12ClN. The molecule has 0 amide bonds. The van der Waals surface area contributed by atoms with Crippen molar-refractivity contribution in [1.82, 2.24) is 4.98 Å². The molecule has 1 aromatic heterocycles. The lowest BCUT2D eigenvalue weighted by Crippen LogP contribution is -1.80. The second-order valence-electron chi connectivity index (χ2n) is 2.61. The molecule has 2 heteroatoms. The number of aromatic nitrogens is 1. The van der Waals surface area contributed by atoms with E-state index in [1.807, 2.05) is 25.3 Å². The van der Waals surface area contributed by atoms with Crippen LogP contribution in [-0.2, 0) is 0 Å². The molecule has 0 unspecified atom stereocenters. The van der Waals surface area contributed by atoms with Crippen LogP contribution in [-0.4, -0.2) is 10.9 Å². The molecule has 0 bridgehead atoms. The van der Waals surface area contributed by atoms with Gasteiger partial charge in [-0.3, -0.25) is 4.98 Å². The van der Waals surface area contributed by atoms with E-state index in [2.05, 4.69) is 17.1 Å². The molecule has 0 atom stereocenters. The normalized spacial score (nSPS) is 10.8. The lowest BCUT2D eigenvalue weighted by atomic mass is 10.2. The summed E-state index contributed by atoms with van der Waals surface area (Å²) in [5, 5.41) is 0. The molecule has 64 valence electrons. The monoisotopic (exact) mass is 181 g/mol. The molecule has 1 nitrogen and oxygen atoms in total. The van der Waals surface area contributed by atoms with Crippen LogP contribution in [0.3, 0.4) is 0 Å². The average Bonchev–Trinajstić information content (AvgIpc) is 2.05. The standard InChI is InChI=1S/C10H12ClN/c1-9-8-10(5-7-12-9)4-2-3-6-11/h2,4-5,7-8H,3,6H2,1H3. The SMILES string of the molecule is Cc1cc(C=CCCCl)ccn1. The van der Waals surface area contributed by atoms with E-state index in [1.165, 1.54) is 5.56 Å². The lowest BCUT2D eigenvalue weighted by Gasteiger charge is -1.93. The minimum Gasteiger partial charge on any atom is -0.262 e. The predicted octanol–water partition coefficient (Wildman–Crippen LogP) is 3.03. The number of rotatable bonds is 3. The molecule has 0 spiro atoms. The highest BCUT2D eigenvalue weighted by Gasteiger charge is 1.86. The van der Waals surface area contributed by atoms with Gasteiger partial charge in [0.15, 0.2) is 0 Å². The molecule has 0 fully saturated rings. The fraction of sp³-hybridized carbons (Fsp3) is 0.300.